The Morgan fingerprint density at radius 2 is 1.47 bits per heavy atom. The van der Waals surface area contributed by atoms with E-state index in [9.17, 15) is 10.2 Å². The van der Waals surface area contributed by atoms with Gasteiger partial charge in [-0.25, -0.2) is 0 Å². The Morgan fingerprint density at radius 1 is 0.789 bits per heavy atom. The summed E-state index contributed by atoms with van der Waals surface area (Å²) in [5, 5.41) is 18.9. The maximum atomic E-state index is 9.59. The second kappa shape index (κ2) is 6.48. The monoisotopic (exact) mass is 257 g/mol. The predicted molar refractivity (Wildman–Crippen MR) is 75.4 cm³/mol. The summed E-state index contributed by atoms with van der Waals surface area (Å²) in [6.45, 7) is 0.224. The van der Waals surface area contributed by atoms with E-state index >= 15 is 0 Å². The molecule has 4 N–H and O–H groups in total. The number of rotatable bonds is 5. The molecule has 0 spiro atoms. The predicted octanol–water partition coefficient (Wildman–Crippen LogP) is 1.72. The third-order valence-corrected chi connectivity index (χ3v) is 3.40. The van der Waals surface area contributed by atoms with Crippen LogP contribution in [0.15, 0.2) is 42.5 Å². The van der Waals surface area contributed by atoms with Crippen LogP contribution in [-0.4, -0.2) is 10.2 Å². The van der Waals surface area contributed by atoms with Crippen molar-refractivity contribution in [3.05, 3.63) is 70.3 Å². The minimum Gasteiger partial charge on any atom is -0.392 e. The lowest BCUT2D eigenvalue weighted by atomic mass is 9.93. The third-order valence-electron chi connectivity index (χ3n) is 3.40. The van der Waals surface area contributed by atoms with E-state index < -0.39 is 0 Å². The fourth-order valence-electron chi connectivity index (χ4n) is 2.37. The minimum atomic E-state index is -0.0530. The van der Waals surface area contributed by atoms with Crippen LogP contribution < -0.4 is 5.73 Å². The van der Waals surface area contributed by atoms with Crippen LogP contribution in [0.1, 0.15) is 27.8 Å². The second-order valence-electron chi connectivity index (χ2n) is 4.52. The molecule has 2 aromatic rings. The van der Waals surface area contributed by atoms with Crippen molar-refractivity contribution < 1.29 is 10.2 Å². The highest BCUT2D eigenvalue weighted by molar-refractivity contribution is 5.42. The lowest BCUT2D eigenvalue weighted by molar-refractivity contribution is 0.272. The molecule has 0 radical (unpaired) electrons. The van der Waals surface area contributed by atoms with Crippen LogP contribution in [0.5, 0.6) is 0 Å². The van der Waals surface area contributed by atoms with Gasteiger partial charge in [0.25, 0.3) is 0 Å². The molecule has 0 unspecified atom stereocenters. The topological polar surface area (TPSA) is 66.5 Å². The minimum absolute atomic E-state index is 0.0504. The highest BCUT2D eigenvalue weighted by Gasteiger charge is 2.11. The molecule has 3 heteroatoms. The fourth-order valence-corrected chi connectivity index (χ4v) is 2.37. The number of aliphatic hydroxyl groups is 2. The third kappa shape index (κ3) is 3.01. The average Bonchev–Trinajstić information content (AvgIpc) is 2.47. The van der Waals surface area contributed by atoms with Crippen molar-refractivity contribution in [3.63, 3.8) is 0 Å². The van der Waals surface area contributed by atoms with Crippen molar-refractivity contribution in [1.82, 2.24) is 0 Å². The molecule has 2 aromatic carbocycles. The van der Waals surface area contributed by atoms with E-state index in [0.29, 0.717) is 6.54 Å². The summed E-state index contributed by atoms with van der Waals surface area (Å²) in [6.07, 6.45) is 0.759. The molecule has 0 aliphatic carbocycles. The van der Waals surface area contributed by atoms with Gasteiger partial charge in [-0.1, -0.05) is 42.5 Å². The number of nitrogens with two attached hydrogens (primary N) is 1. The van der Waals surface area contributed by atoms with Crippen molar-refractivity contribution in [1.29, 1.82) is 0 Å². The van der Waals surface area contributed by atoms with Gasteiger partial charge in [-0.15, -0.1) is 0 Å². The Morgan fingerprint density at radius 3 is 2.05 bits per heavy atom. The summed E-state index contributed by atoms with van der Waals surface area (Å²) in [5.41, 5.74) is 10.5. The molecule has 0 atom stereocenters. The van der Waals surface area contributed by atoms with Crippen LogP contribution in [0, 0.1) is 0 Å². The van der Waals surface area contributed by atoms with Crippen LogP contribution in [-0.2, 0) is 26.2 Å². The quantitative estimate of drug-likeness (QED) is 0.764. The van der Waals surface area contributed by atoms with Crippen LogP contribution in [0.2, 0.25) is 0 Å². The van der Waals surface area contributed by atoms with E-state index in [2.05, 4.69) is 12.1 Å². The van der Waals surface area contributed by atoms with Gasteiger partial charge in [0, 0.05) is 6.54 Å². The highest BCUT2D eigenvalue weighted by Crippen LogP contribution is 2.22. The molecule has 0 fully saturated rings. The fraction of sp³-hybridized carbons (Fsp3) is 0.250. The molecule has 0 saturated heterocycles. The van der Waals surface area contributed by atoms with Crippen LogP contribution in [0.3, 0.4) is 0 Å². The summed E-state index contributed by atoms with van der Waals surface area (Å²) in [5.74, 6) is 0. The first-order chi connectivity index (χ1) is 9.30. The van der Waals surface area contributed by atoms with Crippen molar-refractivity contribution in [2.24, 2.45) is 5.73 Å². The molecule has 0 aliphatic rings. The first kappa shape index (κ1) is 13.7. The van der Waals surface area contributed by atoms with Gasteiger partial charge in [0.15, 0.2) is 0 Å². The largest absolute Gasteiger partial charge is 0.392 e. The molecular weight excluding hydrogens is 238 g/mol. The van der Waals surface area contributed by atoms with E-state index in [4.69, 9.17) is 5.73 Å². The van der Waals surface area contributed by atoms with Gasteiger partial charge in [-0.05, 0) is 34.2 Å². The van der Waals surface area contributed by atoms with Gasteiger partial charge < -0.3 is 15.9 Å². The molecule has 19 heavy (non-hydrogen) atoms. The zero-order valence-corrected chi connectivity index (χ0v) is 10.8. The first-order valence-corrected chi connectivity index (χ1v) is 6.38. The van der Waals surface area contributed by atoms with Crippen molar-refractivity contribution >= 4 is 0 Å². The maximum absolute atomic E-state index is 9.59. The zero-order chi connectivity index (χ0) is 13.7. The highest BCUT2D eigenvalue weighted by atomic mass is 16.3. The molecule has 0 saturated carbocycles. The lowest BCUT2D eigenvalue weighted by Gasteiger charge is -2.15. The van der Waals surface area contributed by atoms with E-state index in [1.165, 1.54) is 5.56 Å². The second-order valence-corrected chi connectivity index (χ2v) is 4.52. The van der Waals surface area contributed by atoms with Gasteiger partial charge in [0.1, 0.15) is 0 Å². The van der Waals surface area contributed by atoms with E-state index in [1.54, 1.807) is 0 Å². The standard InChI is InChI=1S/C16H19NO2/c17-9-15-14(10-18)7-6-13(16(15)11-19)8-12-4-2-1-3-5-12/h1-7,18-19H,8-11,17H2. The van der Waals surface area contributed by atoms with Crippen molar-refractivity contribution in [3.8, 4) is 0 Å². The Bertz CT molecular complexity index is 538. The van der Waals surface area contributed by atoms with Crippen LogP contribution >= 0.6 is 0 Å². The van der Waals surface area contributed by atoms with Gasteiger partial charge in [-0.2, -0.15) is 0 Å². The molecular formula is C16H19NO2. The summed E-state index contributed by atoms with van der Waals surface area (Å²) < 4.78 is 0. The van der Waals surface area contributed by atoms with Crippen molar-refractivity contribution in [2.45, 2.75) is 26.2 Å². The summed E-state index contributed by atoms with van der Waals surface area (Å²) in [6, 6.07) is 14.0. The average molecular weight is 257 g/mol. The first-order valence-electron chi connectivity index (χ1n) is 6.38. The summed E-state index contributed by atoms with van der Waals surface area (Å²) >= 11 is 0. The molecule has 3 nitrogen and oxygen atoms in total. The molecule has 0 heterocycles. The number of hydrogen-bond donors (Lipinski definition) is 3. The number of aliphatic hydroxyl groups excluding tert-OH is 2. The normalized spacial score (nSPS) is 10.7. The Hall–Kier alpha value is -1.68. The summed E-state index contributed by atoms with van der Waals surface area (Å²) in [4.78, 5) is 0. The van der Waals surface area contributed by atoms with Gasteiger partial charge >= 0.3 is 0 Å². The molecule has 2 rings (SSSR count). The maximum Gasteiger partial charge on any atom is 0.0687 e. The van der Waals surface area contributed by atoms with Gasteiger partial charge in [0.05, 0.1) is 13.2 Å². The van der Waals surface area contributed by atoms with Crippen molar-refractivity contribution in [2.75, 3.05) is 0 Å². The SMILES string of the molecule is NCc1c(CO)ccc(Cc2ccccc2)c1CO. The Kier molecular flexibility index (Phi) is 4.68. The zero-order valence-electron chi connectivity index (χ0n) is 10.8. The Balaban J connectivity index is 2.40. The Labute approximate surface area is 113 Å². The molecule has 0 amide bonds. The van der Waals surface area contributed by atoms with Gasteiger partial charge in [-0.3, -0.25) is 0 Å². The van der Waals surface area contributed by atoms with Crippen LogP contribution in [0.25, 0.3) is 0 Å². The van der Waals surface area contributed by atoms with Crippen LogP contribution in [0.4, 0.5) is 0 Å². The van der Waals surface area contributed by atoms with E-state index in [0.717, 1.165) is 28.7 Å². The summed E-state index contributed by atoms with van der Waals surface area (Å²) in [7, 11) is 0. The number of benzene rings is 2. The molecule has 0 aliphatic heterocycles. The van der Waals surface area contributed by atoms with E-state index in [-0.39, 0.29) is 13.2 Å². The van der Waals surface area contributed by atoms with Gasteiger partial charge in [0.2, 0.25) is 0 Å². The number of hydrogen-bond acceptors (Lipinski definition) is 3. The van der Waals surface area contributed by atoms with E-state index in [1.807, 2.05) is 30.3 Å². The molecule has 100 valence electrons. The lowest BCUT2D eigenvalue weighted by Crippen LogP contribution is -2.09. The molecule has 0 bridgehead atoms. The smallest absolute Gasteiger partial charge is 0.0687 e. The molecule has 0 aromatic heterocycles.